The summed E-state index contributed by atoms with van der Waals surface area (Å²) in [5, 5.41) is 17.0. The van der Waals surface area contributed by atoms with E-state index in [4.69, 9.17) is 4.74 Å². The van der Waals surface area contributed by atoms with E-state index in [-0.39, 0.29) is 17.1 Å². The maximum Gasteiger partial charge on any atom is 0.269 e. The van der Waals surface area contributed by atoms with E-state index >= 15 is 0 Å². The largest absolute Gasteiger partial charge is 0.489 e. The van der Waals surface area contributed by atoms with Gasteiger partial charge in [-0.3, -0.25) is 14.9 Å². The molecule has 0 aromatic heterocycles. The molecule has 1 saturated heterocycles. The number of nitrogens with one attached hydrogen (secondary N) is 2. The average Bonchev–Trinajstić information content (AvgIpc) is 3.17. The molecule has 2 N–H and O–H groups in total. The van der Waals surface area contributed by atoms with Crippen molar-refractivity contribution < 1.29 is 14.5 Å². The molecule has 0 bridgehead atoms. The zero-order valence-electron chi connectivity index (χ0n) is 18.0. The van der Waals surface area contributed by atoms with Crippen molar-refractivity contribution in [3.63, 3.8) is 0 Å². The highest BCUT2D eigenvalue weighted by Gasteiger charge is 2.27. The number of carbonyl (C=O) groups excluding carboxylic acids is 1. The lowest BCUT2D eigenvalue weighted by Crippen LogP contribution is -2.30. The molecule has 168 valence electrons. The minimum atomic E-state index is -0.428. The van der Waals surface area contributed by atoms with Crippen molar-refractivity contribution in [2.45, 2.75) is 25.4 Å². The van der Waals surface area contributed by atoms with Crippen molar-refractivity contribution in [1.29, 1.82) is 0 Å². The predicted octanol–water partition coefficient (Wildman–Crippen LogP) is 5.34. The number of benzene rings is 3. The molecule has 0 unspecified atom stereocenters. The first-order chi connectivity index (χ1) is 16.0. The minimum Gasteiger partial charge on any atom is -0.489 e. The summed E-state index contributed by atoms with van der Waals surface area (Å²) in [6, 6.07) is 21.9. The van der Waals surface area contributed by atoms with E-state index < -0.39 is 4.92 Å². The van der Waals surface area contributed by atoms with Crippen LogP contribution in [0.4, 0.5) is 11.4 Å². The summed E-state index contributed by atoms with van der Waals surface area (Å²) < 4.78 is 5.75. The smallest absolute Gasteiger partial charge is 0.269 e. The van der Waals surface area contributed by atoms with Crippen LogP contribution in [0.5, 0.6) is 5.75 Å². The molecule has 0 radical (unpaired) electrons. The second-order valence-electron chi connectivity index (χ2n) is 7.46. The van der Waals surface area contributed by atoms with E-state index in [1.54, 1.807) is 12.1 Å². The summed E-state index contributed by atoms with van der Waals surface area (Å²) in [5.74, 6) is 0.565. The molecule has 3 aromatic carbocycles. The van der Waals surface area contributed by atoms with Crippen LogP contribution in [0.1, 0.15) is 23.6 Å². The molecule has 1 atom stereocenters. The van der Waals surface area contributed by atoms with Crippen LogP contribution in [-0.4, -0.2) is 16.3 Å². The number of nitro benzene ring substituents is 1. The van der Waals surface area contributed by atoms with E-state index in [2.05, 4.69) is 29.7 Å². The van der Waals surface area contributed by atoms with Crippen LogP contribution in [0.2, 0.25) is 0 Å². The second-order valence-corrected chi connectivity index (χ2v) is 8.60. The van der Waals surface area contributed by atoms with Crippen molar-refractivity contribution in [2.75, 3.05) is 5.32 Å². The van der Waals surface area contributed by atoms with Gasteiger partial charge >= 0.3 is 0 Å². The number of carbonyl (C=O) groups is 1. The SMILES string of the molecule is CCc1ccc(N[C@@H]2NC(=O)/C(=C/c3ccc(OCc4ccc([N+](=O)[O-])cc4)cc3)S2)cc1. The zero-order chi connectivity index (χ0) is 23.2. The lowest BCUT2D eigenvalue weighted by molar-refractivity contribution is -0.384. The second kappa shape index (κ2) is 10.2. The maximum absolute atomic E-state index is 12.4. The van der Waals surface area contributed by atoms with Gasteiger partial charge in [0.05, 0.1) is 9.83 Å². The number of thioether (sulfide) groups is 1. The van der Waals surface area contributed by atoms with Crippen molar-refractivity contribution in [1.82, 2.24) is 5.32 Å². The highest BCUT2D eigenvalue weighted by Crippen LogP contribution is 2.30. The fourth-order valence-corrected chi connectivity index (χ4v) is 4.23. The Morgan fingerprint density at radius 3 is 2.33 bits per heavy atom. The molecule has 1 aliphatic rings. The van der Waals surface area contributed by atoms with Crippen LogP contribution in [0.3, 0.4) is 0 Å². The number of non-ortho nitro benzene ring substituents is 1. The van der Waals surface area contributed by atoms with E-state index in [0.717, 1.165) is 23.2 Å². The highest BCUT2D eigenvalue weighted by molar-refractivity contribution is 8.05. The normalized spacial score (nSPS) is 16.5. The number of hydrogen-bond donors (Lipinski definition) is 2. The molecule has 1 aliphatic heterocycles. The Kier molecular flexibility index (Phi) is 6.95. The third-order valence-corrected chi connectivity index (χ3v) is 6.15. The van der Waals surface area contributed by atoms with E-state index in [1.165, 1.54) is 29.5 Å². The van der Waals surface area contributed by atoms with Crippen LogP contribution in [0.25, 0.3) is 6.08 Å². The van der Waals surface area contributed by atoms with Gasteiger partial charge in [-0.15, -0.1) is 0 Å². The van der Waals surface area contributed by atoms with Gasteiger partial charge in [-0.25, -0.2) is 0 Å². The van der Waals surface area contributed by atoms with Gasteiger partial charge in [-0.2, -0.15) is 0 Å². The summed E-state index contributed by atoms with van der Waals surface area (Å²) in [7, 11) is 0. The standard InChI is InChI=1S/C25H23N3O4S/c1-2-17-3-9-20(10-4-17)26-25-27-24(29)23(33-25)15-18-7-13-22(14-8-18)32-16-19-5-11-21(12-6-19)28(30)31/h3-15,25-26H,2,16H2,1H3,(H,27,29)/b23-15-/t25-/m1/s1. The van der Waals surface area contributed by atoms with Gasteiger partial charge in [0, 0.05) is 17.8 Å². The number of rotatable bonds is 8. The first kappa shape index (κ1) is 22.4. The quantitative estimate of drug-likeness (QED) is 0.267. The van der Waals surface area contributed by atoms with Crippen LogP contribution in [-0.2, 0) is 17.8 Å². The zero-order valence-corrected chi connectivity index (χ0v) is 18.8. The van der Waals surface area contributed by atoms with Gasteiger partial charge in [0.2, 0.25) is 0 Å². The fourth-order valence-electron chi connectivity index (χ4n) is 3.25. The monoisotopic (exact) mass is 461 g/mol. The Bertz CT molecular complexity index is 1160. The van der Waals surface area contributed by atoms with Gasteiger partial charge in [0.15, 0.2) is 5.50 Å². The molecular formula is C25H23N3O4S. The number of ether oxygens (including phenoxy) is 1. The van der Waals surface area contributed by atoms with E-state index in [9.17, 15) is 14.9 Å². The molecule has 7 nitrogen and oxygen atoms in total. The highest BCUT2D eigenvalue weighted by atomic mass is 32.2. The maximum atomic E-state index is 12.4. The third-order valence-electron chi connectivity index (χ3n) is 5.12. The molecule has 1 amide bonds. The topological polar surface area (TPSA) is 93.5 Å². The number of aryl methyl sites for hydroxylation is 1. The number of hydrogen-bond acceptors (Lipinski definition) is 6. The van der Waals surface area contributed by atoms with Crippen molar-refractivity contribution in [3.8, 4) is 5.75 Å². The molecular weight excluding hydrogens is 438 g/mol. The molecule has 1 fully saturated rings. The molecule has 1 heterocycles. The summed E-state index contributed by atoms with van der Waals surface area (Å²) in [5.41, 5.74) is 3.79. The van der Waals surface area contributed by atoms with Crippen LogP contribution < -0.4 is 15.4 Å². The van der Waals surface area contributed by atoms with Crippen molar-refractivity contribution in [3.05, 3.63) is 105 Å². The Morgan fingerprint density at radius 1 is 1.03 bits per heavy atom. The van der Waals surface area contributed by atoms with E-state index in [0.29, 0.717) is 17.3 Å². The number of anilines is 1. The third kappa shape index (κ3) is 5.93. The summed E-state index contributed by atoms with van der Waals surface area (Å²) in [6.45, 7) is 2.42. The van der Waals surface area contributed by atoms with Crippen molar-refractivity contribution >= 4 is 35.1 Å². The average molecular weight is 462 g/mol. The molecule has 8 heteroatoms. The van der Waals surface area contributed by atoms with Gasteiger partial charge < -0.3 is 15.4 Å². The first-order valence-corrected chi connectivity index (χ1v) is 11.4. The molecule has 4 rings (SSSR count). The molecule has 3 aromatic rings. The van der Waals surface area contributed by atoms with Crippen LogP contribution >= 0.6 is 11.8 Å². The van der Waals surface area contributed by atoms with Gasteiger partial charge in [0.25, 0.3) is 11.6 Å². The minimum absolute atomic E-state index is 0.0526. The Labute approximate surface area is 196 Å². The fraction of sp³-hybridized carbons (Fsp3) is 0.160. The van der Waals surface area contributed by atoms with Gasteiger partial charge in [0.1, 0.15) is 12.4 Å². The Hall–Kier alpha value is -3.78. The summed E-state index contributed by atoms with van der Waals surface area (Å²) in [4.78, 5) is 23.3. The lowest BCUT2D eigenvalue weighted by Gasteiger charge is -2.12. The molecule has 0 saturated carbocycles. The molecule has 0 spiro atoms. The molecule has 0 aliphatic carbocycles. The van der Waals surface area contributed by atoms with Crippen LogP contribution in [0, 0.1) is 10.1 Å². The number of amides is 1. The van der Waals surface area contributed by atoms with Crippen molar-refractivity contribution in [2.24, 2.45) is 0 Å². The van der Waals surface area contributed by atoms with Gasteiger partial charge in [-0.05, 0) is 65.6 Å². The predicted molar refractivity (Wildman–Crippen MR) is 131 cm³/mol. The van der Waals surface area contributed by atoms with Gasteiger partial charge in [-0.1, -0.05) is 43.0 Å². The number of nitrogens with zero attached hydrogens (tertiary/aromatic N) is 1. The Balaban J connectivity index is 1.32. The lowest BCUT2D eigenvalue weighted by atomic mass is 10.1. The molecule has 33 heavy (non-hydrogen) atoms. The number of nitro groups is 1. The van der Waals surface area contributed by atoms with E-state index in [1.807, 2.05) is 42.5 Å². The summed E-state index contributed by atoms with van der Waals surface area (Å²) in [6.07, 6.45) is 2.84. The first-order valence-electron chi connectivity index (χ1n) is 10.5. The van der Waals surface area contributed by atoms with Crippen LogP contribution in [0.15, 0.2) is 77.7 Å². The Morgan fingerprint density at radius 2 is 1.70 bits per heavy atom. The summed E-state index contributed by atoms with van der Waals surface area (Å²) >= 11 is 1.44.